The predicted molar refractivity (Wildman–Crippen MR) is 140 cm³/mol. The molecule has 0 amide bonds. The number of fused-ring (bicyclic) bond motifs is 1. The topological polar surface area (TPSA) is 61.3 Å². The molecule has 1 aliphatic carbocycles. The number of nitrogens with zero attached hydrogens (tertiary/aromatic N) is 3. The Balaban J connectivity index is 0.000000194. The van der Waals surface area contributed by atoms with E-state index in [4.69, 9.17) is 23.2 Å². The highest BCUT2D eigenvalue weighted by Gasteiger charge is 2.18. The van der Waals surface area contributed by atoms with Crippen molar-refractivity contribution in [1.82, 2.24) is 15.3 Å². The fourth-order valence-corrected chi connectivity index (χ4v) is 4.75. The number of rotatable bonds is 5. The van der Waals surface area contributed by atoms with Crippen molar-refractivity contribution in [2.45, 2.75) is 46.1 Å². The summed E-state index contributed by atoms with van der Waals surface area (Å²) in [6, 6.07) is 11.4. The van der Waals surface area contributed by atoms with Crippen LogP contribution >= 0.6 is 23.2 Å². The summed E-state index contributed by atoms with van der Waals surface area (Å²) in [4.78, 5) is 10.8. The molecule has 0 saturated heterocycles. The third-order valence-electron chi connectivity index (χ3n) is 6.11. The molecule has 1 aliphatic rings. The zero-order valence-electron chi connectivity index (χ0n) is 19.9. The van der Waals surface area contributed by atoms with E-state index in [1.54, 1.807) is 12.1 Å². The van der Waals surface area contributed by atoms with E-state index < -0.39 is 0 Å². The number of phenols is 1. The molecule has 1 saturated carbocycles. The second-order valence-electron chi connectivity index (χ2n) is 9.16. The maximum Gasteiger partial charge on any atom is 0.139 e. The van der Waals surface area contributed by atoms with Crippen LogP contribution < -0.4 is 10.2 Å². The van der Waals surface area contributed by atoms with Crippen LogP contribution in [0, 0.1) is 18.8 Å². The largest absolute Gasteiger partial charge is 0.506 e. The molecule has 0 atom stereocenters. The van der Waals surface area contributed by atoms with Crippen LogP contribution in [-0.2, 0) is 6.54 Å². The van der Waals surface area contributed by atoms with Crippen LogP contribution in [0.1, 0.15) is 44.0 Å². The number of para-hydroxylation sites is 1. The Morgan fingerprint density at radius 1 is 1.06 bits per heavy atom. The molecular weight excluding hydrogens is 455 g/mol. The highest BCUT2D eigenvalue weighted by molar-refractivity contribution is 6.35. The molecule has 2 aromatic carbocycles. The lowest BCUT2D eigenvalue weighted by Gasteiger charge is -2.26. The van der Waals surface area contributed by atoms with Crippen LogP contribution in [0.4, 0.5) is 5.82 Å². The molecule has 0 bridgehead atoms. The lowest BCUT2D eigenvalue weighted by atomic mass is 9.83. The minimum Gasteiger partial charge on any atom is -0.506 e. The van der Waals surface area contributed by atoms with Crippen LogP contribution in [0.2, 0.25) is 10.0 Å². The molecule has 2 N–H and O–H groups in total. The van der Waals surface area contributed by atoms with Gasteiger partial charge in [-0.2, -0.15) is 0 Å². The Morgan fingerprint density at radius 3 is 2.45 bits per heavy atom. The Hall–Kier alpha value is -2.08. The standard InChI is InChI=1S/C15H21Cl2NO.C11H13N3/c1-10-2-4-11(5-3-10)8-18-9-12-6-13(16)7-14(17)15(12)19;1-8-12-10-7-5-4-6-9(10)11(13-8)14(2)3/h6-7,10-11,18-19H,2-5,8-9H2,1H3;4-7H,1-3H3. The van der Waals surface area contributed by atoms with Crippen LogP contribution in [0.15, 0.2) is 36.4 Å². The fourth-order valence-electron chi connectivity index (χ4n) is 4.21. The quantitative estimate of drug-likeness (QED) is 0.422. The molecule has 0 unspecified atom stereocenters. The van der Waals surface area contributed by atoms with Crippen LogP contribution in [0.3, 0.4) is 0 Å². The number of phenolic OH excluding ortho intramolecular Hbond substituents is 1. The fraction of sp³-hybridized carbons (Fsp3) is 0.462. The average Bonchev–Trinajstić information content (AvgIpc) is 2.78. The van der Waals surface area contributed by atoms with Crippen molar-refractivity contribution in [2.75, 3.05) is 25.5 Å². The molecule has 5 nitrogen and oxygen atoms in total. The van der Waals surface area contributed by atoms with Crippen molar-refractivity contribution in [3.05, 3.63) is 57.8 Å². The maximum absolute atomic E-state index is 9.86. The van der Waals surface area contributed by atoms with Crippen molar-refractivity contribution in [3.8, 4) is 5.75 Å². The smallest absolute Gasteiger partial charge is 0.139 e. The highest BCUT2D eigenvalue weighted by atomic mass is 35.5. The number of aromatic hydroxyl groups is 1. The zero-order chi connectivity index (χ0) is 24.0. The minimum atomic E-state index is 0.135. The summed E-state index contributed by atoms with van der Waals surface area (Å²) >= 11 is 11.8. The van der Waals surface area contributed by atoms with Gasteiger partial charge in [0.05, 0.1) is 10.5 Å². The molecule has 1 aromatic heterocycles. The summed E-state index contributed by atoms with van der Waals surface area (Å²) in [5, 5.41) is 15.2. The number of nitrogens with one attached hydrogen (secondary N) is 1. The SMILES string of the molecule is CC1CCC(CNCc2cc(Cl)cc(Cl)c2O)CC1.Cc1nc(N(C)C)c2ccccc2n1. The molecule has 33 heavy (non-hydrogen) atoms. The molecule has 0 radical (unpaired) electrons. The number of hydrogen-bond acceptors (Lipinski definition) is 5. The highest BCUT2D eigenvalue weighted by Crippen LogP contribution is 2.31. The Morgan fingerprint density at radius 2 is 1.76 bits per heavy atom. The second kappa shape index (κ2) is 11.9. The van der Waals surface area contributed by atoms with E-state index in [1.165, 1.54) is 25.7 Å². The summed E-state index contributed by atoms with van der Waals surface area (Å²) in [7, 11) is 3.99. The van der Waals surface area contributed by atoms with Crippen molar-refractivity contribution in [3.63, 3.8) is 0 Å². The van der Waals surface area contributed by atoms with E-state index in [9.17, 15) is 5.11 Å². The van der Waals surface area contributed by atoms with Gasteiger partial charge in [-0.05, 0) is 62.4 Å². The normalized spacial score (nSPS) is 18.0. The van der Waals surface area contributed by atoms with Gasteiger partial charge in [-0.3, -0.25) is 0 Å². The first-order chi connectivity index (χ1) is 15.7. The Kier molecular flexibility index (Phi) is 9.19. The summed E-state index contributed by atoms with van der Waals surface area (Å²) < 4.78 is 0. The molecular formula is C26H34Cl2N4O. The van der Waals surface area contributed by atoms with E-state index >= 15 is 0 Å². The predicted octanol–water partition coefficient (Wildman–Crippen LogP) is 6.62. The molecule has 7 heteroatoms. The number of anilines is 1. The number of aromatic nitrogens is 2. The van der Waals surface area contributed by atoms with Crippen molar-refractivity contribution in [2.24, 2.45) is 11.8 Å². The van der Waals surface area contributed by atoms with Gasteiger partial charge < -0.3 is 15.3 Å². The van der Waals surface area contributed by atoms with Crippen LogP contribution in [0.5, 0.6) is 5.75 Å². The Bertz CT molecular complexity index is 1070. The summed E-state index contributed by atoms with van der Waals surface area (Å²) in [6.07, 6.45) is 5.27. The third kappa shape index (κ3) is 7.20. The number of aryl methyl sites for hydroxylation is 1. The lowest BCUT2D eigenvalue weighted by Crippen LogP contribution is -2.25. The van der Waals surface area contributed by atoms with E-state index in [1.807, 2.05) is 50.2 Å². The van der Waals surface area contributed by atoms with Gasteiger partial charge >= 0.3 is 0 Å². The monoisotopic (exact) mass is 488 g/mol. The number of hydrogen-bond donors (Lipinski definition) is 2. The van der Waals surface area contributed by atoms with E-state index in [2.05, 4.69) is 22.2 Å². The van der Waals surface area contributed by atoms with E-state index in [-0.39, 0.29) is 5.75 Å². The molecule has 1 fully saturated rings. The van der Waals surface area contributed by atoms with Gasteiger partial charge in [0.1, 0.15) is 17.4 Å². The van der Waals surface area contributed by atoms with Crippen molar-refractivity contribution in [1.29, 1.82) is 0 Å². The minimum absolute atomic E-state index is 0.135. The molecule has 0 spiro atoms. The molecule has 178 valence electrons. The Labute approximate surface area is 207 Å². The van der Waals surface area contributed by atoms with Crippen molar-refractivity contribution < 1.29 is 5.11 Å². The van der Waals surface area contributed by atoms with Gasteiger partial charge in [0.2, 0.25) is 0 Å². The van der Waals surface area contributed by atoms with Gasteiger partial charge in [-0.25, -0.2) is 9.97 Å². The van der Waals surface area contributed by atoms with Gasteiger partial charge in [0.15, 0.2) is 0 Å². The van der Waals surface area contributed by atoms with E-state index in [0.29, 0.717) is 16.6 Å². The molecule has 4 rings (SSSR count). The summed E-state index contributed by atoms with van der Waals surface area (Å²) in [5.41, 5.74) is 1.77. The molecule has 0 aliphatic heterocycles. The third-order valence-corrected chi connectivity index (χ3v) is 6.62. The lowest BCUT2D eigenvalue weighted by molar-refractivity contribution is 0.281. The maximum atomic E-state index is 9.86. The molecule has 1 heterocycles. The molecule has 3 aromatic rings. The van der Waals surface area contributed by atoms with Gasteiger partial charge in [-0.15, -0.1) is 0 Å². The van der Waals surface area contributed by atoms with E-state index in [0.717, 1.165) is 46.5 Å². The number of benzene rings is 2. The van der Waals surface area contributed by atoms with Crippen LogP contribution in [0.25, 0.3) is 10.9 Å². The first kappa shape index (κ1) is 25.5. The zero-order valence-corrected chi connectivity index (χ0v) is 21.4. The summed E-state index contributed by atoms with van der Waals surface area (Å²) in [5.74, 6) is 3.57. The summed E-state index contributed by atoms with van der Waals surface area (Å²) in [6.45, 7) is 5.85. The van der Waals surface area contributed by atoms with Crippen molar-refractivity contribution >= 4 is 39.9 Å². The first-order valence-electron chi connectivity index (χ1n) is 11.5. The van der Waals surface area contributed by atoms with Gasteiger partial charge in [0, 0.05) is 36.6 Å². The second-order valence-corrected chi connectivity index (χ2v) is 10.0. The van der Waals surface area contributed by atoms with Crippen LogP contribution in [-0.4, -0.2) is 35.7 Å². The average molecular weight is 489 g/mol. The number of halogens is 2. The first-order valence-corrected chi connectivity index (χ1v) is 12.3. The van der Waals surface area contributed by atoms with Gasteiger partial charge in [0.25, 0.3) is 0 Å². The van der Waals surface area contributed by atoms with Gasteiger partial charge in [-0.1, -0.05) is 55.1 Å².